The van der Waals surface area contributed by atoms with Gasteiger partial charge in [-0.15, -0.1) is 0 Å². The maximum Gasteiger partial charge on any atom is 0.322 e. The van der Waals surface area contributed by atoms with Gasteiger partial charge in [-0.3, -0.25) is 0 Å². The van der Waals surface area contributed by atoms with Gasteiger partial charge in [0.15, 0.2) is 12.5 Å². The number of anilines is 1. The summed E-state index contributed by atoms with van der Waals surface area (Å²) in [6.45, 7) is 10.9. The lowest BCUT2D eigenvalue weighted by molar-refractivity contribution is -0.00848. The second-order valence-corrected chi connectivity index (χ2v) is 13.1. The molecule has 0 saturated heterocycles. The second-order valence-electron chi connectivity index (χ2n) is 13.1. The third-order valence-corrected chi connectivity index (χ3v) is 7.82. The minimum atomic E-state index is -0.264. The number of nitrogens with zero attached hydrogens (tertiary/aromatic N) is 1. The zero-order valence-electron chi connectivity index (χ0n) is 30.0. The first-order chi connectivity index (χ1) is 23.2. The summed E-state index contributed by atoms with van der Waals surface area (Å²) in [7, 11) is 4.81. The molecule has 9 nitrogen and oxygen atoms in total. The summed E-state index contributed by atoms with van der Waals surface area (Å²) >= 11 is 0. The Morgan fingerprint density at radius 2 is 1.54 bits per heavy atom. The number of methoxy groups -OCH3 is 3. The van der Waals surface area contributed by atoms with Gasteiger partial charge in [-0.1, -0.05) is 95.8 Å². The fraction of sp³-hybridized carbons (Fsp3) is 0.513. The van der Waals surface area contributed by atoms with Crippen LogP contribution < -0.4 is 24.3 Å². The predicted octanol–water partition coefficient (Wildman–Crippen LogP) is 9.26. The van der Waals surface area contributed by atoms with Crippen molar-refractivity contribution in [1.82, 2.24) is 4.90 Å². The molecule has 9 heteroatoms. The minimum absolute atomic E-state index is 0.0148. The van der Waals surface area contributed by atoms with Crippen LogP contribution in [0.4, 0.5) is 10.5 Å². The first kappa shape index (κ1) is 38.5. The third-order valence-electron chi connectivity index (χ3n) is 7.82. The number of ether oxygens (including phenoxy) is 6. The van der Waals surface area contributed by atoms with Crippen molar-refractivity contribution in [3.05, 3.63) is 77.9 Å². The highest BCUT2D eigenvalue weighted by Crippen LogP contribution is 2.43. The monoisotopic (exact) mass is 664 g/mol. The Balaban J connectivity index is 1.87. The molecule has 1 unspecified atom stereocenters. The highest BCUT2D eigenvalue weighted by atomic mass is 16.7. The summed E-state index contributed by atoms with van der Waals surface area (Å²) in [6, 6.07) is 21.2. The molecule has 0 aliphatic carbocycles. The Kier molecular flexibility index (Phi) is 16.4. The molecule has 2 amide bonds. The van der Waals surface area contributed by atoms with Crippen LogP contribution in [0.3, 0.4) is 0 Å². The van der Waals surface area contributed by atoms with Crippen LogP contribution in [-0.2, 0) is 16.0 Å². The first-order valence-corrected chi connectivity index (χ1v) is 17.0. The molecule has 3 rings (SSSR count). The molecule has 0 aromatic heterocycles. The van der Waals surface area contributed by atoms with E-state index in [1.54, 1.807) is 27.4 Å². The quantitative estimate of drug-likeness (QED) is 0.0897. The molecule has 48 heavy (non-hydrogen) atoms. The lowest BCUT2D eigenvalue weighted by Gasteiger charge is -2.29. The number of urea groups is 1. The van der Waals surface area contributed by atoms with Gasteiger partial charge in [0.05, 0.1) is 27.4 Å². The fourth-order valence-electron chi connectivity index (χ4n) is 5.23. The largest absolute Gasteiger partial charge is 0.496 e. The summed E-state index contributed by atoms with van der Waals surface area (Å²) in [6.07, 6.45) is 5.94. The smallest absolute Gasteiger partial charge is 0.322 e. The molecule has 0 aliphatic rings. The van der Waals surface area contributed by atoms with Crippen molar-refractivity contribution in [1.29, 1.82) is 0 Å². The van der Waals surface area contributed by atoms with Crippen molar-refractivity contribution >= 4 is 11.7 Å². The fourth-order valence-corrected chi connectivity index (χ4v) is 5.23. The van der Waals surface area contributed by atoms with Crippen LogP contribution in [0.2, 0.25) is 0 Å². The van der Waals surface area contributed by atoms with Crippen molar-refractivity contribution < 1.29 is 33.2 Å². The minimum Gasteiger partial charge on any atom is -0.496 e. The van der Waals surface area contributed by atoms with Gasteiger partial charge in [0.2, 0.25) is 0 Å². The van der Waals surface area contributed by atoms with E-state index in [1.165, 1.54) is 6.42 Å². The van der Waals surface area contributed by atoms with Gasteiger partial charge in [-0.2, -0.15) is 0 Å². The molecule has 1 atom stereocenters. The van der Waals surface area contributed by atoms with Crippen LogP contribution in [0.1, 0.15) is 83.5 Å². The van der Waals surface area contributed by atoms with Gasteiger partial charge in [0.1, 0.15) is 29.0 Å². The van der Waals surface area contributed by atoms with E-state index < -0.39 is 0 Å². The van der Waals surface area contributed by atoms with E-state index in [-0.39, 0.29) is 24.3 Å². The maximum atomic E-state index is 14.1. The van der Waals surface area contributed by atoms with E-state index in [4.69, 9.17) is 28.4 Å². The molecule has 0 heterocycles. The number of carbonyl (C=O) groups is 1. The molecule has 264 valence electrons. The normalized spacial score (nSPS) is 11.9. The number of rotatable bonds is 21. The van der Waals surface area contributed by atoms with Gasteiger partial charge >= 0.3 is 6.03 Å². The van der Waals surface area contributed by atoms with Crippen LogP contribution in [0.25, 0.3) is 0 Å². The molecule has 0 fully saturated rings. The molecular formula is C39H56N2O7. The number of hydrogen-bond acceptors (Lipinski definition) is 7. The highest BCUT2D eigenvalue weighted by Gasteiger charge is 2.26. The Morgan fingerprint density at radius 3 is 2.19 bits per heavy atom. The summed E-state index contributed by atoms with van der Waals surface area (Å²) in [5, 5.41) is 3.16. The third kappa shape index (κ3) is 13.3. The Bertz CT molecular complexity index is 1340. The summed E-state index contributed by atoms with van der Waals surface area (Å²) in [5.41, 5.74) is 2.48. The van der Waals surface area contributed by atoms with E-state index >= 15 is 0 Å². The van der Waals surface area contributed by atoms with Crippen molar-refractivity contribution in [2.75, 3.05) is 53.2 Å². The van der Waals surface area contributed by atoms with Crippen molar-refractivity contribution in [3.8, 4) is 23.0 Å². The number of unbranched alkanes of at least 4 members (excludes halogenated alkanes) is 4. The molecule has 0 saturated carbocycles. The first-order valence-electron chi connectivity index (χ1n) is 17.0. The van der Waals surface area contributed by atoms with Crippen LogP contribution in [0, 0.1) is 5.41 Å². The van der Waals surface area contributed by atoms with Crippen molar-refractivity contribution in [2.45, 2.75) is 78.9 Å². The lowest BCUT2D eigenvalue weighted by atomic mass is 9.87. The molecule has 0 aliphatic heterocycles. The average molecular weight is 665 g/mol. The molecule has 3 aromatic carbocycles. The standard InChI is InChI=1S/C39H56N2O7/c1-8-9-10-11-15-22-41(28-30-18-20-32(21-19-30)47-29-46-24-23-43-5)38(42)40-37-34(45-7)25-33(44-6)26-35(37)48-36(27-39(2,3)4)31-16-13-12-14-17-31/h12-14,16-21,25-26,36H,8-11,15,22-24,27-29H2,1-7H3,(H,40,42). The molecule has 1 N–H and O–H groups in total. The number of benzene rings is 3. The van der Waals surface area contributed by atoms with E-state index in [2.05, 4.69) is 45.1 Å². The van der Waals surface area contributed by atoms with E-state index in [9.17, 15) is 4.79 Å². The van der Waals surface area contributed by atoms with Crippen molar-refractivity contribution in [2.24, 2.45) is 5.41 Å². The van der Waals surface area contributed by atoms with Crippen LogP contribution >= 0.6 is 0 Å². The van der Waals surface area contributed by atoms with Crippen LogP contribution in [0.15, 0.2) is 66.7 Å². The Hall–Kier alpha value is -3.95. The molecular weight excluding hydrogens is 608 g/mol. The number of nitrogens with one attached hydrogen (secondary N) is 1. The summed E-state index contributed by atoms with van der Waals surface area (Å²) in [4.78, 5) is 16.0. The topological polar surface area (TPSA) is 87.7 Å². The molecule has 0 radical (unpaired) electrons. The molecule has 0 bridgehead atoms. The maximum absolute atomic E-state index is 14.1. The zero-order valence-corrected chi connectivity index (χ0v) is 30.0. The average Bonchev–Trinajstić information content (AvgIpc) is 3.08. The van der Waals surface area contributed by atoms with Gasteiger partial charge in [0.25, 0.3) is 0 Å². The lowest BCUT2D eigenvalue weighted by Crippen LogP contribution is -2.35. The van der Waals surface area contributed by atoms with Gasteiger partial charge < -0.3 is 38.6 Å². The number of carbonyl (C=O) groups excluding carboxylic acids is 1. The van der Waals surface area contributed by atoms with E-state index in [0.717, 1.165) is 43.2 Å². The predicted molar refractivity (Wildman–Crippen MR) is 191 cm³/mol. The number of hydrogen-bond donors (Lipinski definition) is 1. The Labute approximate surface area is 287 Å². The van der Waals surface area contributed by atoms with Crippen LogP contribution in [-0.4, -0.2) is 58.8 Å². The molecule has 0 spiro atoms. The van der Waals surface area contributed by atoms with Gasteiger partial charge in [-0.05, 0) is 41.5 Å². The SMILES string of the molecule is CCCCCCCN(Cc1ccc(OCOCCOC)cc1)C(=O)Nc1c(OC)cc(OC)cc1OC(CC(C)(C)C)c1ccccc1. The van der Waals surface area contributed by atoms with Crippen molar-refractivity contribution in [3.63, 3.8) is 0 Å². The summed E-state index contributed by atoms with van der Waals surface area (Å²) < 4.78 is 34.2. The van der Waals surface area contributed by atoms with Crippen LogP contribution in [0.5, 0.6) is 23.0 Å². The summed E-state index contributed by atoms with van der Waals surface area (Å²) in [5.74, 6) is 2.20. The number of amides is 2. The van der Waals surface area contributed by atoms with E-state index in [0.29, 0.717) is 55.0 Å². The molecule has 3 aromatic rings. The second kappa shape index (κ2) is 20.4. The Morgan fingerprint density at radius 1 is 0.833 bits per heavy atom. The van der Waals surface area contributed by atoms with Gasteiger partial charge in [-0.25, -0.2) is 4.79 Å². The zero-order chi connectivity index (χ0) is 34.8. The van der Waals surface area contributed by atoms with E-state index in [1.807, 2.05) is 53.4 Å². The van der Waals surface area contributed by atoms with Gasteiger partial charge in [0, 0.05) is 32.3 Å². The highest BCUT2D eigenvalue weighted by molar-refractivity contribution is 5.93.